The average molecular weight is 573 g/mol. The zero-order chi connectivity index (χ0) is 29.7. The number of halogens is 3. The van der Waals surface area contributed by atoms with Crippen molar-refractivity contribution in [3.63, 3.8) is 0 Å². The number of carbonyl (C=O) groups is 2. The molecule has 1 N–H and O–H groups in total. The monoisotopic (exact) mass is 572 g/mol. The van der Waals surface area contributed by atoms with Gasteiger partial charge in [0.1, 0.15) is 22.8 Å². The van der Waals surface area contributed by atoms with Gasteiger partial charge in [-0.2, -0.15) is 0 Å². The molecule has 5 rings (SSSR count). The smallest absolute Gasteiger partial charge is 0.407 e. The number of rotatable bonds is 5. The van der Waals surface area contributed by atoms with Gasteiger partial charge in [-0.25, -0.2) is 27.7 Å². The third kappa shape index (κ3) is 5.59. The van der Waals surface area contributed by atoms with Crippen molar-refractivity contribution in [2.45, 2.75) is 58.6 Å². The van der Waals surface area contributed by atoms with Crippen LogP contribution in [-0.4, -0.2) is 53.0 Å². The molecule has 1 spiro atoms. The summed E-state index contributed by atoms with van der Waals surface area (Å²) in [6.45, 7) is 7.78. The predicted octanol–water partition coefficient (Wildman–Crippen LogP) is 4.86. The number of hydrogen-bond acceptors (Lipinski definition) is 7. The number of nitrogens with zero attached hydrogens (tertiary/aromatic N) is 3. The first-order chi connectivity index (χ1) is 19.3. The van der Waals surface area contributed by atoms with Crippen LogP contribution in [0.1, 0.15) is 57.3 Å². The first kappa shape index (κ1) is 28.4. The molecule has 9 nitrogen and oxygen atoms in total. The number of benzene rings is 1. The number of carbonyl (C=O) groups excluding carboxylic acids is 2. The van der Waals surface area contributed by atoms with E-state index >= 15 is 4.39 Å². The Kier molecular flexibility index (Phi) is 7.20. The van der Waals surface area contributed by atoms with Crippen LogP contribution in [0.4, 0.5) is 23.8 Å². The molecule has 2 aliphatic rings. The second-order valence-electron chi connectivity index (χ2n) is 11.5. The molecule has 0 radical (unpaired) electrons. The van der Waals surface area contributed by atoms with E-state index < -0.39 is 46.1 Å². The lowest BCUT2D eigenvalue weighted by molar-refractivity contribution is 0.0507. The first-order valence-corrected chi connectivity index (χ1v) is 13.4. The third-order valence-corrected chi connectivity index (χ3v) is 7.52. The minimum atomic E-state index is -0.963. The summed E-state index contributed by atoms with van der Waals surface area (Å²) >= 11 is 0. The Labute approximate surface area is 234 Å². The van der Waals surface area contributed by atoms with Gasteiger partial charge in [0.05, 0.1) is 17.7 Å². The van der Waals surface area contributed by atoms with Gasteiger partial charge < -0.3 is 19.7 Å². The summed E-state index contributed by atoms with van der Waals surface area (Å²) in [6.07, 6.45) is 2.71. The number of fused-ring (bicyclic) bond motifs is 1. The highest BCUT2D eigenvalue weighted by Gasteiger charge is 2.56. The average Bonchev–Trinajstić information content (AvgIpc) is 3.54. The number of ether oxygens (including phenoxy) is 2. The molecule has 12 heteroatoms. The lowest BCUT2D eigenvalue weighted by Gasteiger charge is -2.34. The molecule has 2 aromatic heterocycles. The van der Waals surface area contributed by atoms with Crippen molar-refractivity contribution in [2.24, 2.45) is 5.41 Å². The summed E-state index contributed by atoms with van der Waals surface area (Å²) in [4.78, 5) is 44.1. The van der Waals surface area contributed by atoms with Crippen LogP contribution in [-0.2, 0) is 9.47 Å². The van der Waals surface area contributed by atoms with Crippen LogP contribution in [0.25, 0.3) is 16.7 Å². The van der Waals surface area contributed by atoms with E-state index in [1.807, 2.05) is 0 Å². The highest BCUT2D eigenvalue weighted by molar-refractivity contribution is 5.94. The van der Waals surface area contributed by atoms with Crippen LogP contribution >= 0.6 is 0 Å². The van der Waals surface area contributed by atoms with E-state index in [2.05, 4.69) is 10.3 Å². The molecule has 1 aromatic carbocycles. The summed E-state index contributed by atoms with van der Waals surface area (Å²) in [5.74, 6) is -3.56. The molecule has 41 heavy (non-hydrogen) atoms. The van der Waals surface area contributed by atoms with Crippen molar-refractivity contribution in [1.82, 2.24) is 14.9 Å². The van der Waals surface area contributed by atoms with Gasteiger partial charge in [-0.05, 0) is 70.6 Å². The molecule has 0 bridgehead atoms. The first-order valence-electron chi connectivity index (χ1n) is 13.4. The number of esters is 1. The molecule has 1 aliphatic carbocycles. The van der Waals surface area contributed by atoms with E-state index in [0.717, 1.165) is 35.4 Å². The summed E-state index contributed by atoms with van der Waals surface area (Å²) in [7, 11) is 0. The summed E-state index contributed by atoms with van der Waals surface area (Å²) in [5, 5.41) is 2.67. The zero-order valence-electron chi connectivity index (χ0n) is 23.2. The van der Waals surface area contributed by atoms with Crippen LogP contribution in [0.3, 0.4) is 0 Å². The maximum absolute atomic E-state index is 15.5. The lowest BCUT2D eigenvalue weighted by atomic mass is 9.92. The van der Waals surface area contributed by atoms with Crippen molar-refractivity contribution in [2.75, 3.05) is 24.6 Å². The normalized spacial score (nSPS) is 17.9. The number of amides is 1. The van der Waals surface area contributed by atoms with Gasteiger partial charge in [0.2, 0.25) is 5.43 Å². The number of hydrogen-bond donors (Lipinski definition) is 1. The number of pyridine rings is 2. The lowest BCUT2D eigenvalue weighted by Crippen LogP contribution is -2.40. The zero-order valence-corrected chi connectivity index (χ0v) is 23.2. The van der Waals surface area contributed by atoms with Crippen LogP contribution in [0.15, 0.2) is 35.3 Å². The fraction of sp³-hybridized carbons (Fsp3) is 0.448. The number of piperidine rings is 1. The quantitative estimate of drug-likeness (QED) is 0.436. The predicted molar refractivity (Wildman–Crippen MR) is 145 cm³/mol. The van der Waals surface area contributed by atoms with Gasteiger partial charge >= 0.3 is 12.1 Å². The van der Waals surface area contributed by atoms with E-state index in [1.54, 1.807) is 32.6 Å². The minimum Gasteiger partial charge on any atom is -0.462 e. The topological polar surface area (TPSA) is 103 Å². The van der Waals surface area contributed by atoms with Gasteiger partial charge in [-0.1, -0.05) is 0 Å². The SMILES string of the molecule is CCOC(=O)c1cn(-c2ccc(F)cc2F)c2nc(N3CCC4(CC3)CC4NC(=O)OC(C)(C)C)c(F)cc2c1=O. The molecule has 2 fully saturated rings. The maximum atomic E-state index is 15.5. The summed E-state index contributed by atoms with van der Waals surface area (Å²) in [6, 6.07) is 3.77. The fourth-order valence-electron chi connectivity index (χ4n) is 5.37. The van der Waals surface area contributed by atoms with Crippen molar-refractivity contribution >= 4 is 28.9 Å². The van der Waals surface area contributed by atoms with Crippen molar-refractivity contribution in [3.8, 4) is 5.69 Å². The Morgan fingerprint density at radius 1 is 1.12 bits per heavy atom. The van der Waals surface area contributed by atoms with Gasteiger partial charge in [0.15, 0.2) is 17.3 Å². The summed E-state index contributed by atoms with van der Waals surface area (Å²) in [5.41, 5.74) is -2.26. The van der Waals surface area contributed by atoms with Gasteiger partial charge in [-0.15, -0.1) is 0 Å². The van der Waals surface area contributed by atoms with Gasteiger partial charge in [-0.3, -0.25) is 9.36 Å². The summed E-state index contributed by atoms with van der Waals surface area (Å²) < 4.78 is 55.5. The minimum absolute atomic E-state index is 0.0165. The molecule has 1 saturated heterocycles. The molecule has 1 saturated carbocycles. The Balaban J connectivity index is 1.47. The largest absolute Gasteiger partial charge is 0.462 e. The van der Waals surface area contributed by atoms with E-state index in [1.165, 1.54) is 0 Å². The van der Waals surface area contributed by atoms with Crippen molar-refractivity contribution < 1.29 is 32.2 Å². The van der Waals surface area contributed by atoms with Crippen LogP contribution in [0.5, 0.6) is 0 Å². The molecule has 1 amide bonds. The van der Waals surface area contributed by atoms with E-state index in [9.17, 15) is 23.2 Å². The number of alkyl carbamates (subject to hydrolysis) is 1. The molecule has 3 heterocycles. The molecular weight excluding hydrogens is 541 g/mol. The maximum Gasteiger partial charge on any atom is 0.407 e. The number of aromatic nitrogens is 2. The molecule has 218 valence electrons. The van der Waals surface area contributed by atoms with Crippen LogP contribution in [0, 0.1) is 22.9 Å². The molecular formula is C29H31F3N4O5. The van der Waals surface area contributed by atoms with Gasteiger partial charge in [0.25, 0.3) is 0 Å². The van der Waals surface area contributed by atoms with Crippen LogP contribution < -0.4 is 15.6 Å². The molecule has 1 atom stereocenters. The molecule has 1 aliphatic heterocycles. The Morgan fingerprint density at radius 3 is 2.46 bits per heavy atom. The van der Waals surface area contributed by atoms with Crippen LogP contribution in [0.2, 0.25) is 0 Å². The van der Waals surface area contributed by atoms with E-state index in [0.29, 0.717) is 32.0 Å². The van der Waals surface area contributed by atoms with E-state index in [-0.39, 0.29) is 40.6 Å². The second-order valence-corrected chi connectivity index (χ2v) is 11.5. The second kappa shape index (κ2) is 10.4. The number of anilines is 1. The fourth-order valence-corrected chi connectivity index (χ4v) is 5.37. The van der Waals surface area contributed by atoms with Crippen molar-refractivity contribution in [3.05, 3.63) is 63.7 Å². The number of nitrogens with one attached hydrogen (secondary N) is 1. The van der Waals surface area contributed by atoms with E-state index in [4.69, 9.17) is 9.47 Å². The van der Waals surface area contributed by atoms with Crippen molar-refractivity contribution in [1.29, 1.82) is 0 Å². The standard InChI is InChI=1S/C29H31F3N4O5/c1-5-40-26(38)18-15-36(21-7-6-16(30)12-19(21)31)24-17(23(18)37)13-20(32)25(34-24)35-10-8-29(9-11-35)14-22(29)33-27(39)41-28(2,3)4/h6-7,12-13,15,22H,5,8-11,14H2,1-4H3,(H,33,39). The highest BCUT2D eigenvalue weighted by atomic mass is 19.1. The Morgan fingerprint density at radius 2 is 1.83 bits per heavy atom. The Bertz CT molecular complexity index is 1590. The molecule has 3 aromatic rings. The van der Waals surface area contributed by atoms with Gasteiger partial charge in [0, 0.05) is 31.4 Å². The molecule has 1 unspecified atom stereocenters. The highest BCUT2D eigenvalue weighted by Crippen LogP contribution is 2.54. The third-order valence-electron chi connectivity index (χ3n) is 7.52. The Hall–Kier alpha value is -4.09.